The van der Waals surface area contributed by atoms with Crippen molar-refractivity contribution < 1.29 is 19.8 Å². The van der Waals surface area contributed by atoms with E-state index in [4.69, 9.17) is 5.11 Å². The molecule has 0 atom stereocenters. The number of rotatable bonds is 4. The van der Waals surface area contributed by atoms with Crippen molar-refractivity contribution in [3.63, 3.8) is 0 Å². The average molecular weight is 252 g/mol. The number of aryl methyl sites for hydroxylation is 1. The van der Waals surface area contributed by atoms with E-state index in [-0.39, 0.29) is 18.9 Å². The molecule has 6 heteroatoms. The highest BCUT2D eigenvalue weighted by molar-refractivity contribution is 6.39. The number of aliphatic hydroxyl groups is 1. The summed E-state index contributed by atoms with van der Waals surface area (Å²) in [5.74, 6) is -1.43. The molecule has 2 amide bonds. The van der Waals surface area contributed by atoms with E-state index < -0.39 is 11.8 Å². The van der Waals surface area contributed by atoms with Crippen molar-refractivity contribution in [3.05, 3.63) is 23.8 Å². The fourth-order valence-electron chi connectivity index (χ4n) is 1.33. The molecule has 1 aromatic carbocycles. The summed E-state index contributed by atoms with van der Waals surface area (Å²) in [5, 5.41) is 22.6. The molecule has 0 heterocycles. The van der Waals surface area contributed by atoms with Gasteiger partial charge in [-0.2, -0.15) is 0 Å². The summed E-state index contributed by atoms with van der Waals surface area (Å²) in [5.41, 5.74) is 1.13. The number of anilines is 1. The van der Waals surface area contributed by atoms with Gasteiger partial charge in [-0.15, -0.1) is 0 Å². The van der Waals surface area contributed by atoms with Crippen LogP contribution in [0, 0.1) is 6.92 Å². The van der Waals surface area contributed by atoms with Crippen LogP contribution in [0.4, 0.5) is 5.69 Å². The molecule has 0 aliphatic heterocycles. The number of aromatic hydroxyl groups is 1. The van der Waals surface area contributed by atoms with Crippen LogP contribution in [0.25, 0.3) is 0 Å². The highest BCUT2D eigenvalue weighted by Gasteiger charge is 2.13. The maximum atomic E-state index is 11.5. The fourth-order valence-corrected chi connectivity index (χ4v) is 1.33. The summed E-state index contributed by atoms with van der Waals surface area (Å²) in [6, 6.07) is 4.43. The van der Waals surface area contributed by atoms with Crippen LogP contribution in [-0.4, -0.2) is 35.2 Å². The van der Waals surface area contributed by atoms with Gasteiger partial charge in [0.25, 0.3) is 0 Å². The summed E-state index contributed by atoms with van der Waals surface area (Å²) in [6.07, 6.45) is 0.400. The molecule has 0 saturated carbocycles. The van der Waals surface area contributed by atoms with Gasteiger partial charge in [-0.1, -0.05) is 0 Å². The Bertz CT molecular complexity index is 446. The van der Waals surface area contributed by atoms with Gasteiger partial charge in [0.05, 0.1) is 0 Å². The molecule has 98 valence electrons. The minimum absolute atomic E-state index is 0.0427. The van der Waals surface area contributed by atoms with Crippen LogP contribution in [0.5, 0.6) is 5.75 Å². The zero-order valence-corrected chi connectivity index (χ0v) is 10.1. The number of carbonyl (C=O) groups is 2. The Morgan fingerprint density at radius 1 is 1.28 bits per heavy atom. The first-order valence-electron chi connectivity index (χ1n) is 5.54. The highest BCUT2D eigenvalue weighted by atomic mass is 16.3. The molecule has 6 nitrogen and oxygen atoms in total. The SMILES string of the molecule is Cc1cc(O)ccc1NC(=O)C(=O)NCCCO. The molecule has 0 bridgehead atoms. The summed E-state index contributed by atoms with van der Waals surface area (Å²) in [6.45, 7) is 1.91. The molecule has 0 fully saturated rings. The van der Waals surface area contributed by atoms with Gasteiger partial charge in [0, 0.05) is 18.8 Å². The first-order valence-corrected chi connectivity index (χ1v) is 5.54. The number of amides is 2. The number of benzene rings is 1. The summed E-state index contributed by atoms with van der Waals surface area (Å²) >= 11 is 0. The highest BCUT2D eigenvalue weighted by Crippen LogP contribution is 2.19. The molecule has 0 aromatic heterocycles. The van der Waals surface area contributed by atoms with E-state index in [1.807, 2.05) is 0 Å². The lowest BCUT2D eigenvalue weighted by Gasteiger charge is -2.08. The Morgan fingerprint density at radius 2 is 2.00 bits per heavy atom. The minimum atomic E-state index is -0.776. The third kappa shape index (κ3) is 4.06. The van der Waals surface area contributed by atoms with Crippen molar-refractivity contribution in [2.45, 2.75) is 13.3 Å². The van der Waals surface area contributed by atoms with Crippen LogP contribution in [0.2, 0.25) is 0 Å². The Labute approximate surface area is 105 Å². The van der Waals surface area contributed by atoms with Gasteiger partial charge in [0.2, 0.25) is 0 Å². The monoisotopic (exact) mass is 252 g/mol. The van der Waals surface area contributed by atoms with Crippen LogP contribution >= 0.6 is 0 Å². The van der Waals surface area contributed by atoms with Crippen LogP contribution in [0.15, 0.2) is 18.2 Å². The van der Waals surface area contributed by atoms with Gasteiger partial charge in [-0.25, -0.2) is 0 Å². The molecular formula is C12H16N2O4. The normalized spacial score (nSPS) is 9.89. The standard InChI is InChI=1S/C12H16N2O4/c1-8-7-9(16)3-4-10(8)14-12(18)11(17)13-5-2-6-15/h3-4,7,15-16H,2,5-6H2,1H3,(H,13,17)(H,14,18). The van der Waals surface area contributed by atoms with Crippen molar-refractivity contribution in [1.29, 1.82) is 0 Å². The topological polar surface area (TPSA) is 98.7 Å². The Balaban J connectivity index is 2.56. The minimum Gasteiger partial charge on any atom is -0.508 e. The molecule has 4 N–H and O–H groups in total. The molecule has 0 spiro atoms. The third-order valence-electron chi connectivity index (χ3n) is 2.28. The molecule has 0 unspecified atom stereocenters. The van der Waals surface area contributed by atoms with Crippen molar-refractivity contribution in [2.75, 3.05) is 18.5 Å². The molecule has 0 radical (unpaired) electrons. The van der Waals surface area contributed by atoms with Crippen LogP contribution in [0.3, 0.4) is 0 Å². The molecule has 1 rings (SSSR count). The van der Waals surface area contributed by atoms with Gasteiger partial charge in [-0.3, -0.25) is 9.59 Å². The van der Waals surface area contributed by atoms with Gasteiger partial charge >= 0.3 is 11.8 Å². The first-order chi connectivity index (χ1) is 8.54. The van der Waals surface area contributed by atoms with Crippen molar-refractivity contribution in [1.82, 2.24) is 5.32 Å². The number of carbonyl (C=O) groups excluding carboxylic acids is 2. The third-order valence-corrected chi connectivity index (χ3v) is 2.28. The Hall–Kier alpha value is -2.08. The van der Waals surface area contributed by atoms with Crippen molar-refractivity contribution >= 4 is 17.5 Å². The van der Waals surface area contributed by atoms with Gasteiger partial charge in [-0.05, 0) is 37.1 Å². The van der Waals surface area contributed by atoms with E-state index in [1.165, 1.54) is 18.2 Å². The second-order valence-electron chi connectivity index (χ2n) is 3.79. The quantitative estimate of drug-likeness (QED) is 0.348. The number of hydrogen-bond donors (Lipinski definition) is 4. The predicted molar refractivity (Wildman–Crippen MR) is 66.2 cm³/mol. The Kier molecular flexibility index (Phi) is 5.13. The Morgan fingerprint density at radius 3 is 2.61 bits per heavy atom. The zero-order valence-electron chi connectivity index (χ0n) is 10.1. The molecule has 0 saturated heterocycles. The second-order valence-corrected chi connectivity index (χ2v) is 3.79. The number of hydrogen-bond acceptors (Lipinski definition) is 4. The van der Waals surface area contributed by atoms with E-state index >= 15 is 0 Å². The summed E-state index contributed by atoms with van der Waals surface area (Å²) < 4.78 is 0. The summed E-state index contributed by atoms with van der Waals surface area (Å²) in [4.78, 5) is 22.8. The smallest absolute Gasteiger partial charge is 0.313 e. The maximum Gasteiger partial charge on any atom is 0.313 e. The summed E-state index contributed by atoms with van der Waals surface area (Å²) in [7, 11) is 0. The molecule has 18 heavy (non-hydrogen) atoms. The molecular weight excluding hydrogens is 236 g/mol. The fraction of sp³-hybridized carbons (Fsp3) is 0.333. The van der Waals surface area contributed by atoms with Gasteiger partial charge < -0.3 is 20.8 Å². The number of nitrogens with one attached hydrogen (secondary N) is 2. The van der Waals surface area contributed by atoms with Crippen LogP contribution in [0.1, 0.15) is 12.0 Å². The van der Waals surface area contributed by atoms with E-state index in [2.05, 4.69) is 10.6 Å². The van der Waals surface area contributed by atoms with Crippen molar-refractivity contribution in [3.8, 4) is 5.75 Å². The molecule has 1 aromatic rings. The van der Waals surface area contributed by atoms with Crippen molar-refractivity contribution in [2.24, 2.45) is 0 Å². The molecule has 0 aliphatic carbocycles. The van der Waals surface area contributed by atoms with Crippen LogP contribution < -0.4 is 10.6 Å². The van der Waals surface area contributed by atoms with E-state index in [9.17, 15) is 14.7 Å². The largest absolute Gasteiger partial charge is 0.508 e. The van der Waals surface area contributed by atoms with Gasteiger partial charge in [0.1, 0.15) is 5.75 Å². The van der Waals surface area contributed by atoms with E-state index in [0.29, 0.717) is 17.7 Å². The average Bonchev–Trinajstić information content (AvgIpc) is 2.32. The second kappa shape index (κ2) is 6.61. The number of phenols is 1. The predicted octanol–water partition coefficient (Wildman–Crippen LogP) is 0.138. The lowest BCUT2D eigenvalue weighted by molar-refractivity contribution is -0.136. The lowest BCUT2D eigenvalue weighted by Crippen LogP contribution is -2.36. The maximum absolute atomic E-state index is 11.5. The first kappa shape index (κ1) is 14.0. The molecule has 0 aliphatic rings. The number of phenolic OH excluding ortho intramolecular Hbond substituents is 1. The van der Waals surface area contributed by atoms with E-state index in [0.717, 1.165) is 0 Å². The van der Waals surface area contributed by atoms with E-state index in [1.54, 1.807) is 6.92 Å². The van der Waals surface area contributed by atoms with Crippen LogP contribution in [-0.2, 0) is 9.59 Å². The number of aliphatic hydroxyl groups excluding tert-OH is 1. The van der Waals surface area contributed by atoms with Gasteiger partial charge in [0.15, 0.2) is 0 Å². The zero-order chi connectivity index (χ0) is 13.5. The lowest BCUT2D eigenvalue weighted by atomic mass is 10.2.